The smallest absolute Gasteiger partial charge is 0.255 e. The van der Waals surface area contributed by atoms with Crippen LogP contribution in [0.15, 0.2) is 65.6 Å². The highest BCUT2D eigenvalue weighted by Gasteiger charge is 2.00. The molecule has 0 spiro atoms. The van der Waals surface area contributed by atoms with Crippen molar-refractivity contribution in [2.24, 2.45) is 0 Å². The first-order valence-corrected chi connectivity index (χ1v) is 6.11. The molecule has 0 atom stereocenters. The minimum absolute atomic E-state index is 0.0768. The summed E-state index contributed by atoms with van der Waals surface area (Å²) in [5.41, 5.74) is 1.04. The fourth-order valence-electron chi connectivity index (χ4n) is 2.00. The lowest BCUT2D eigenvalue weighted by Crippen LogP contribution is -2.04. The first-order chi connectivity index (χ1) is 9.33. The van der Waals surface area contributed by atoms with Crippen molar-refractivity contribution < 1.29 is 4.74 Å². The van der Waals surface area contributed by atoms with Gasteiger partial charge in [0, 0.05) is 11.6 Å². The van der Waals surface area contributed by atoms with E-state index in [-0.39, 0.29) is 5.56 Å². The first kappa shape index (κ1) is 11.5. The Morgan fingerprint density at radius 1 is 1.00 bits per heavy atom. The molecule has 19 heavy (non-hydrogen) atoms. The van der Waals surface area contributed by atoms with E-state index < -0.39 is 0 Å². The second kappa shape index (κ2) is 4.98. The average Bonchev–Trinajstić information content (AvgIpc) is 2.46. The number of aromatic amines is 1. The summed E-state index contributed by atoms with van der Waals surface area (Å²) in [6, 6.07) is 17.3. The molecule has 3 aromatic rings. The van der Waals surface area contributed by atoms with E-state index in [1.807, 2.05) is 48.5 Å². The van der Waals surface area contributed by atoms with E-state index in [1.54, 1.807) is 12.3 Å². The van der Waals surface area contributed by atoms with Crippen LogP contribution < -0.4 is 10.3 Å². The Morgan fingerprint density at radius 3 is 2.68 bits per heavy atom. The average molecular weight is 251 g/mol. The molecule has 0 saturated heterocycles. The number of H-pyrrole nitrogens is 1. The van der Waals surface area contributed by atoms with Gasteiger partial charge in [0.25, 0.3) is 5.56 Å². The summed E-state index contributed by atoms with van der Waals surface area (Å²) in [4.78, 5) is 14.2. The van der Waals surface area contributed by atoms with Crippen LogP contribution in [0.2, 0.25) is 0 Å². The summed E-state index contributed by atoms with van der Waals surface area (Å²) in [5.74, 6) is 0.766. The minimum Gasteiger partial charge on any atom is -0.489 e. The molecule has 0 saturated carbocycles. The van der Waals surface area contributed by atoms with Gasteiger partial charge in [-0.25, -0.2) is 0 Å². The normalized spacial score (nSPS) is 10.5. The predicted molar refractivity (Wildman–Crippen MR) is 75.3 cm³/mol. The number of rotatable bonds is 3. The van der Waals surface area contributed by atoms with Crippen LogP contribution in [0, 0.1) is 0 Å². The molecule has 0 aliphatic heterocycles. The van der Waals surface area contributed by atoms with Gasteiger partial charge in [0.2, 0.25) is 0 Å². The van der Waals surface area contributed by atoms with Gasteiger partial charge < -0.3 is 9.72 Å². The number of benzene rings is 2. The number of ether oxygens (including phenoxy) is 1. The quantitative estimate of drug-likeness (QED) is 0.777. The van der Waals surface area contributed by atoms with E-state index in [0.717, 1.165) is 16.7 Å². The maximum absolute atomic E-state index is 11.6. The molecule has 1 N–H and O–H groups in total. The molecule has 0 aliphatic rings. The SMILES string of the molecule is O=c1[nH]ccc2cc(OCc3ccccc3)ccc12. The first-order valence-electron chi connectivity index (χ1n) is 6.11. The molecular weight excluding hydrogens is 238 g/mol. The second-order valence-corrected chi connectivity index (χ2v) is 4.33. The van der Waals surface area contributed by atoms with Crippen LogP contribution in [0.3, 0.4) is 0 Å². The topological polar surface area (TPSA) is 42.1 Å². The molecule has 3 nitrogen and oxygen atoms in total. The summed E-state index contributed by atoms with van der Waals surface area (Å²) < 4.78 is 5.73. The largest absolute Gasteiger partial charge is 0.489 e. The summed E-state index contributed by atoms with van der Waals surface area (Å²) in [6.45, 7) is 0.523. The van der Waals surface area contributed by atoms with Crippen molar-refractivity contribution >= 4 is 10.8 Å². The van der Waals surface area contributed by atoms with Crippen molar-refractivity contribution in [2.45, 2.75) is 6.61 Å². The minimum atomic E-state index is -0.0768. The van der Waals surface area contributed by atoms with E-state index >= 15 is 0 Å². The highest BCUT2D eigenvalue weighted by Crippen LogP contribution is 2.18. The van der Waals surface area contributed by atoms with Crippen LogP contribution in [-0.4, -0.2) is 4.98 Å². The highest BCUT2D eigenvalue weighted by atomic mass is 16.5. The van der Waals surface area contributed by atoms with Gasteiger partial charge in [-0.1, -0.05) is 30.3 Å². The Balaban J connectivity index is 1.84. The molecular formula is C16H13NO2. The Morgan fingerprint density at radius 2 is 1.84 bits per heavy atom. The summed E-state index contributed by atoms with van der Waals surface area (Å²) in [5, 5.41) is 1.56. The van der Waals surface area contributed by atoms with Crippen molar-refractivity contribution in [1.29, 1.82) is 0 Å². The van der Waals surface area contributed by atoms with E-state index in [0.29, 0.717) is 12.0 Å². The van der Waals surface area contributed by atoms with E-state index in [9.17, 15) is 4.79 Å². The number of aromatic nitrogens is 1. The van der Waals surface area contributed by atoms with E-state index in [1.165, 1.54) is 0 Å². The number of pyridine rings is 1. The third kappa shape index (κ3) is 2.50. The summed E-state index contributed by atoms with van der Waals surface area (Å²) in [7, 11) is 0. The maximum Gasteiger partial charge on any atom is 0.255 e. The fourth-order valence-corrected chi connectivity index (χ4v) is 2.00. The lowest BCUT2D eigenvalue weighted by atomic mass is 10.1. The van der Waals surface area contributed by atoms with Crippen molar-refractivity contribution in [3.05, 3.63) is 76.7 Å². The molecule has 0 fully saturated rings. The Kier molecular flexibility index (Phi) is 3.02. The molecule has 3 rings (SSSR count). The molecule has 3 heteroatoms. The molecule has 0 radical (unpaired) electrons. The molecule has 0 amide bonds. The number of fused-ring (bicyclic) bond motifs is 1. The molecule has 94 valence electrons. The number of hydrogen-bond acceptors (Lipinski definition) is 2. The standard InChI is InChI=1S/C16H13NO2/c18-16-15-7-6-14(10-13(15)8-9-17-16)19-11-12-4-2-1-3-5-12/h1-10H,11H2,(H,17,18). The Bertz CT molecular complexity index is 747. The van der Waals surface area contributed by atoms with Gasteiger partial charge in [0.1, 0.15) is 12.4 Å². The number of hydrogen-bond donors (Lipinski definition) is 1. The monoisotopic (exact) mass is 251 g/mol. The van der Waals surface area contributed by atoms with E-state index in [2.05, 4.69) is 4.98 Å². The van der Waals surface area contributed by atoms with E-state index in [4.69, 9.17) is 4.74 Å². The Hall–Kier alpha value is -2.55. The molecule has 0 bridgehead atoms. The lowest BCUT2D eigenvalue weighted by Gasteiger charge is -2.07. The van der Waals surface area contributed by atoms with Crippen LogP contribution in [0.4, 0.5) is 0 Å². The maximum atomic E-state index is 11.6. The predicted octanol–water partition coefficient (Wildman–Crippen LogP) is 3.11. The third-order valence-electron chi connectivity index (χ3n) is 2.99. The fraction of sp³-hybridized carbons (Fsp3) is 0.0625. The van der Waals surface area contributed by atoms with Gasteiger partial charge in [-0.2, -0.15) is 0 Å². The zero-order valence-electron chi connectivity index (χ0n) is 10.3. The van der Waals surface area contributed by atoms with Gasteiger partial charge in [-0.3, -0.25) is 4.79 Å². The molecule has 1 heterocycles. The van der Waals surface area contributed by atoms with Gasteiger partial charge in [0.05, 0.1) is 0 Å². The van der Waals surface area contributed by atoms with Crippen LogP contribution in [0.25, 0.3) is 10.8 Å². The Labute approximate surface area is 110 Å². The van der Waals surface area contributed by atoms with Crippen molar-refractivity contribution in [1.82, 2.24) is 4.98 Å². The molecule has 0 unspecified atom stereocenters. The van der Waals surface area contributed by atoms with Crippen molar-refractivity contribution in [3.8, 4) is 5.75 Å². The van der Waals surface area contributed by atoms with Gasteiger partial charge >= 0.3 is 0 Å². The second-order valence-electron chi connectivity index (χ2n) is 4.33. The molecule has 0 aliphatic carbocycles. The third-order valence-corrected chi connectivity index (χ3v) is 2.99. The highest BCUT2D eigenvalue weighted by molar-refractivity contribution is 5.82. The van der Waals surface area contributed by atoms with Crippen LogP contribution in [0.5, 0.6) is 5.75 Å². The van der Waals surface area contributed by atoms with Crippen LogP contribution in [0.1, 0.15) is 5.56 Å². The van der Waals surface area contributed by atoms with Crippen molar-refractivity contribution in [3.63, 3.8) is 0 Å². The lowest BCUT2D eigenvalue weighted by molar-refractivity contribution is 0.306. The molecule has 1 aromatic heterocycles. The van der Waals surface area contributed by atoms with Crippen LogP contribution >= 0.6 is 0 Å². The summed E-state index contributed by atoms with van der Waals surface area (Å²) in [6.07, 6.45) is 1.64. The number of nitrogens with one attached hydrogen (secondary N) is 1. The van der Waals surface area contributed by atoms with Gasteiger partial charge in [-0.15, -0.1) is 0 Å². The summed E-state index contributed by atoms with van der Waals surface area (Å²) >= 11 is 0. The van der Waals surface area contributed by atoms with Crippen molar-refractivity contribution in [2.75, 3.05) is 0 Å². The van der Waals surface area contributed by atoms with Crippen LogP contribution in [-0.2, 0) is 6.61 Å². The zero-order chi connectivity index (χ0) is 13.1. The zero-order valence-corrected chi connectivity index (χ0v) is 10.3. The molecule has 2 aromatic carbocycles. The van der Waals surface area contributed by atoms with Gasteiger partial charge in [-0.05, 0) is 35.2 Å². The van der Waals surface area contributed by atoms with Gasteiger partial charge in [0.15, 0.2) is 0 Å².